The van der Waals surface area contributed by atoms with E-state index in [1.807, 2.05) is 18.2 Å². The van der Waals surface area contributed by atoms with Crippen LogP contribution in [0.15, 0.2) is 23.1 Å². The number of halogens is 1. The van der Waals surface area contributed by atoms with E-state index in [9.17, 15) is 4.79 Å². The van der Waals surface area contributed by atoms with Crippen molar-refractivity contribution in [3.05, 3.63) is 28.8 Å². The molecule has 21 heavy (non-hydrogen) atoms. The molecule has 0 spiro atoms. The van der Waals surface area contributed by atoms with Crippen molar-refractivity contribution in [3.63, 3.8) is 0 Å². The lowest BCUT2D eigenvalue weighted by atomic mass is 10.1. The van der Waals surface area contributed by atoms with E-state index >= 15 is 0 Å². The number of benzene rings is 1. The fraction of sp³-hybridized carbons (Fsp3) is 0.562. The van der Waals surface area contributed by atoms with Crippen LogP contribution in [0.2, 0.25) is 5.02 Å². The summed E-state index contributed by atoms with van der Waals surface area (Å²) >= 11 is 7.84. The highest BCUT2D eigenvalue weighted by molar-refractivity contribution is 7.99. The summed E-state index contributed by atoms with van der Waals surface area (Å²) in [5, 5.41) is 4.08. The Morgan fingerprint density at radius 1 is 1.38 bits per heavy atom. The number of fused-ring (bicyclic) bond motifs is 2. The van der Waals surface area contributed by atoms with Crippen molar-refractivity contribution in [1.82, 2.24) is 10.2 Å². The van der Waals surface area contributed by atoms with Crippen molar-refractivity contribution < 1.29 is 4.79 Å². The Morgan fingerprint density at radius 3 is 3.00 bits per heavy atom. The second-order valence-corrected chi connectivity index (χ2v) is 7.41. The molecule has 3 nitrogen and oxygen atoms in total. The molecule has 2 fully saturated rings. The maximum atomic E-state index is 13.1. The first-order valence-corrected chi connectivity index (χ1v) is 9.02. The zero-order valence-electron chi connectivity index (χ0n) is 12.3. The van der Waals surface area contributed by atoms with E-state index in [1.54, 1.807) is 11.8 Å². The van der Waals surface area contributed by atoms with Gasteiger partial charge in [0.1, 0.15) is 0 Å². The number of rotatable bonds is 3. The van der Waals surface area contributed by atoms with Crippen LogP contribution in [-0.2, 0) is 0 Å². The van der Waals surface area contributed by atoms with E-state index in [0.717, 1.165) is 48.6 Å². The third kappa shape index (κ3) is 3.08. The number of hydrogen-bond donors (Lipinski definition) is 1. The van der Waals surface area contributed by atoms with E-state index < -0.39 is 0 Å². The van der Waals surface area contributed by atoms with Crippen LogP contribution >= 0.6 is 23.4 Å². The number of amides is 1. The van der Waals surface area contributed by atoms with Gasteiger partial charge in [-0.3, -0.25) is 4.79 Å². The Hall–Kier alpha value is -0.710. The summed E-state index contributed by atoms with van der Waals surface area (Å²) in [6, 6.07) is 6.40. The maximum absolute atomic E-state index is 13.1. The third-order valence-electron chi connectivity index (χ3n) is 4.36. The Balaban J connectivity index is 1.92. The van der Waals surface area contributed by atoms with Crippen LogP contribution in [0.5, 0.6) is 0 Å². The minimum atomic E-state index is 0.157. The smallest absolute Gasteiger partial charge is 0.255 e. The van der Waals surface area contributed by atoms with Crippen molar-refractivity contribution in [2.75, 3.05) is 18.8 Å². The molecule has 0 aliphatic carbocycles. The standard InChI is InChI=1S/C16H21ClN2OS/c1-2-21-15-6-3-11(17)9-14(15)16(20)19-12-4-5-13(19)10-18-8-7-12/h3,6,9,12-13,18H,2,4-5,7-8,10H2,1H3. The highest BCUT2D eigenvalue weighted by atomic mass is 35.5. The quantitative estimate of drug-likeness (QED) is 0.865. The zero-order valence-corrected chi connectivity index (χ0v) is 13.8. The van der Waals surface area contributed by atoms with Crippen molar-refractivity contribution in [3.8, 4) is 0 Å². The molecule has 0 saturated carbocycles. The van der Waals surface area contributed by atoms with Crippen molar-refractivity contribution in [1.29, 1.82) is 0 Å². The number of carbonyl (C=O) groups excluding carboxylic acids is 1. The predicted molar refractivity (Wildman–Crippen MR) is 88.3 cm³/mol. The summed E-state index contributed by atoms with van der Waals surface area (Å²) in [7, 11) is 0. The van der Waals surface area contributed by atoms with Crippen LogP contribution in [0.3, 0.4) is 0 Å². The lowest BCUT2D eigenvalue weighted by Crippen LogP contribution is -2.42. The van der Waals surface area contributed by atoms with Gasteiger partial charge in [0.05, 0.1) is 5.56 Å². The van der Waals surface area contributed by atoms with Gasteiger partial charge >= 0.3 is 0 Å². The number of nitrogens with zero attached hydrogens (tertiary/aromatic N) is 1. The Kier molecular flexibility index (Phi) is 4.77. The summed E-state index contributed by atoms with van der Waals surface area (Å²) in [6.07, 6.45) is 3.30. The lowest BCUT2D eigenvalue weighted by Gasteiger charge is -2.28. The molecule has 3 rings (SSSR count). The highest BCUT2D eigenvalue weighted by Crippen LogP contribution is 2.33. The van der Waals surface area contributed by atoms with Gasteiger partial charge < -0.3 is 10.2 Å². The molecule has 0 radical (unpaired) electrons. The number of carbonyl (C=O) groups is 1. The van der Waals surface area contributed by atoms with Gasteiger partial charge in [-0.25, -0.2) is 0 Å². The number of nitrogens with one attached hydrogen (secondary N) is 1. The maximum Gasteiger partial charge on any atom is 0.255 e. The Bertz CT molecular complexity index is 523. The average molecular weight is 325 g/mol. The SMILES string of the molecule is CCSc1ccc(Cl)cc1C(=O)N1C2CCNCC1CC2. The van der Waals surface area contributed by atoms with Crippen LogP contribution in [-0.4, -0.2) is 41.7 Å². The van der Waals surface area contributed by atoms with E-state index in [2.05, 4.69) is 17.1 Å². The normalized spacial score (nSPS) is 25.0. The van der Waals surface area contributed by atoms with Crippen LogP contribution in [0, 0.1) is 0 Å². The van der Waals surface area contributed by atoms with Gasteiger partial charge in [0, 0.05) is 28.5 Å². The molecule has 2 aliphatic heterocycles. The summed E-state index contributed by atoms with van der Waals surface area (Å²) in [6.45, 7) is 4.03. The largest absolute Gasteiger partial charge is 0.331 e. The Morgan fingerprint density at radius 2 is 2.19 bits per heavy atom. The molecule has 114 valence electrons. The minimum Gasteiger partial charge on any atom is -0.331 e. The number of hydrogen-bond acceptors (Lipinski definition) is 3. The van der Waals surface area contributed by atoms with E-state index in [-0.39, 0.29) is 5.91 Å². The van der Waals surface area contributed by atoms with Gasteiger partial charge in [0.2, 0.25) is 0 Å². The molecule has 2 heterocycles. The van der Waals surface area contributed by atoms with Gasteiger partial charge in [0.25, 0.3) is 5.91 Å². The summed E-state index contributed by atoms with van der Waals surface area (Å²) < 4.78 is 0. The minimum absolute atomic E-state index is 0.157. The van der Waals surface area contributed by atoms with E-state index in [1.165, 1.54) is 0 Å². The summed E-state index contributed by atoms with van der Waals surface area (Å²) in [5.74, 6) is 1.11. The molecule has 1 aromatic carbocycles. The Labute approximate surface area is 135 Å². The lowest BCUT2D eigenvalue weighted by molar-refractivity contribution is 0.0676. The van der Waals surface area contributed by atoms with Crippen molar-refractivity contribution in [2.24, 2.45) is 0 Å². The number of thioether (sulfide) groups is 1. The summed E-state index contributed by atoms with van der Waals surface area (Å²) in [5.41, 5.74) is 0.771. The topological polar surface area (TPSA) is 32.3 Å². The molecule has 1 aromatic rings. The molecule has 2 saturated heterocycles. The molecule has 1 N–H and O–H groups in total. The average Bonchev–Trinajstić information content (AvgIpc) is 2.73. The molecule has 1 amide bonds. The van der Waals surface area contributed by atoms with E-state index in [4.69, 9.17) is 11.6 Å². The van der Waals surface area contributed by atoms with Gasteiger partial charge in [-0.15, -0.1) is 11.8 Å². The first-order chi connectivity index (χ1) is 10.2. The van der Waals surface area contributed by atoms with Gasteiger partial charge in [-0.2, -0.15) is 0 Å². The fourth-order valence-electron chi connectivity index (χ4n) is 3.40. The molecule has 5 heteroatoms. The van der Waals surface area contributed by atoms with E-state index in [0.29, 0.717) is 17.1 Å². The molecule has 0 aromatic heterocycles. The van der Waals surface area contributed by atoms with Crippen LogP contribution in [0.25, 0.3) is 0 Å². The third-order valence-corrected chi connectivity index (χ3v) is 5.55. The van der Waals surface area contributed by atoms with Gasteiger partial charge in [-0.1, -0.05) is 18.5 Å². The fourth-order valence-corrected chi connectivity index (χ4v) is 4.35. The van der Waals surface area contributed by atoms with Gasteiger partial charge in [0.15, 0.2) is 0 Å². The van der Waals surface area contributed by atoms with Crippen LogP contribution in [0.1, 0.15) is 36.5 Å². The zero-order chi connectivity index (χ0) is 14.8. The monoisotopic (exact) mass is 324 g/mol. The van der Waals surface area contributed by atoms with Crippen LogP contribution < -0.4 is 5.32 Å². The molecular formula is C16H21ClN2OS. The molecule has 2 unspecified atom stereocenters. The highest BCUT2D eigenvalue weighted by Gasteiger charge is 2.38. The second-order valence-electron chi connectivity index (χ2n) is 5.66. The summed E-state index contributed by atoms with van der Waals surface area (Å²) in [4.78, 5) is 16.2. The second kappa shape index (κ2) is 6.59. The van der Waals surface area contributed by atoms with Crippen LogP contribution in [0.4, 0.5) is 0 Å². The molecule has 2 bridgehead atoms. The van der Waals surface area contributed by atoms with Crippen molar-refractivity contribution >= 4 is 29.3 Å². The van der Waals surface area contributed by atoms with Gasteiger partial charge in [-0.05, 0) is 49.8 Å². The first-order valence-electron chi connectivity index (χ1n) is 7.66. The predicted octanol–water partition coefficient (Wildman–Crippen LogP) is 3.42. The first kappa shape index (κ1) is 15.2. The molecule has 2 atom stereocenters. The molecule has 2 aliphatic rings. The molecular weight excluding hydrogens is 304 g/mol. The van der Waals surface area contributed by atoms with Crippen molar-refractivity contribution in [2.45, 2.75) is 43.2 Å².